The van der Waals surface area contributed by atoms with Crippen LogP contribution in [0.1, 0.15) is 54.8 Å². The number of nitrogens with zero attached hydrogens (tertiary/aromatic N) is 1. The molecule has 1 saturated heterocycles. The van der Waals surface area contributed by atoms with Crippen LogP contribution in [0.5, 0.6) is 0 Å². The van der Waals surface area contributed by atoms with E-state index in [4.69, 9.17) is 23.4 Å². The lowest BCUT2D eigenvalue weighted by molar-refractivity contribution is -0.264. The molecule has 59 heavy (non-hydrogen) atoms. The lowest BCUT2D eigenvalue weighted by Gasteiger charge is -2.45. The maximum atomic E-state index is 15.0. The third-order valence-corrected chi connectivity index (χ3v) is 17.8. The van der Waals surface area contributed by atoms with Crippen molar-refractivity contribution in [1.82, 2.24) is 3.97 Å². The van der Waals surface area contributed by atoms with Gasteiger partial charge in [-0.15, -0.1) is 0 Å². The first-order chi connectivity index (χ1) is 28.3. The zero-order chi connectivity index (χ0) is 41.6. The van der Waals surface area contributed by atoms with Crippen molar-refractivity contribution in [2.45, 2.75) is 101 Å². The molecule has 5 atom stereocenters. The Morgan fingerprint density at radius 3 is 1.71 bits per heavy atom. The van der Waals surface area contributed by atoms with Crippen LogP contribution in [0.4, 0.5) is 0 Å². The van der Waals surface area contributed by atoms with Gasteiger partial charge in [0.25, 0.3) is 10.0 Å². The second-order valence-electron chi connectivity index (χ2n) is 16.6. The predicted octanol–water partition coefficient (Wildman–Crippen LogP) is 9.59. The Morgan fingerprint density at radius 2 is 1.15 bits per heavy atom. The molecule has 1 N–H and O–H groups in total. The van der Waals surface area contributed by atoms with Crippen molar-refractivity contribution in [2.24, 2.45) is 0 Å². The Bertz CT molecular complexity index is 2370. The van der Waals surface area contributed by atoms with Gasteiger partial charge in [-0.3, -0.25) is 0 Å². The summed E-state index contributed by atoms with van der Waals surface area (Å²) in [5.41, 5.74) is 4.20. The Morgan fingerprint density at radius 1 is 0.661 bits per heavy atom. The maximum absolute atomic E-state index is 15.0. The van der Waals surface area contributed by atoms with Crippen molar-refractivity contribution in [1.29, 1.82) is 0 Å². The van der Waals surface area contributed by atoms with Crippen molar-refractivity contribution in [3.05, 3.63) is 174 Å². The Labute approximate surface area is 349 Å². The summed E-state index contributed by atoms with van der Waals surface area (Å²) >= 11 is 0. The van der Waals surface area contributed by atoms with E-state index in [1.807, 2.05) is 109 Å². The summed E-state index contributed by atoms with van der Waals surface area (Å²) in [5.74, 6) is 0. The van der Waals surface area contributed by atoms with Crippen LogP contribution < -0.4 is 0 Å². The number of fused-ring (bicyclic) bond motifs is 1. The molecule has 0 bridgehead atoms. The molecule has 1 aliphatic rings. The molecule has 0 spiro atoms. The highest BCUT2D eigenvalue weighted by Gasteiger charge is 2.50. The molecule has 0 saturated carbocycles. The van der Waals surface area contributed by atoms with Crippen LogP contribution in [0.25, 0.3) is 10.9 Å². The number of aromatic nitrogens is 1. The van der Waals surface area contributed by atoms with Gasteiger partial charge in [-0.2, -0.15) is 0 Å². The van der Waals surface area contributed by atoms with Gasteiger partial charge in [0.15, 0.2) is 8.32 Å². The van der Waals surface area contributed by atoms with Crippen molar-refractivity contribution in [3.8, 4) is 0 Å². The normalized spacial score (nSPS) is 20.2. The highest BCUT2D eigenvalue weighted by molar-refractivity contribution is 7.90. The number of hydrogen-bond acceptors (Lipinski definition) is 8. The summed E-state index contributed by atoms with van der Waals surface area (Å²) in [4.78, 5) is 0.105. The second-order valence-corrected chi connectivity index (χ2v) is 23.2. The standard InChI is InChI=1S/C48H55NO8SSi/c1-48(2,3)59(4,5)56-33-40-39-28-18-19-29-41(39)49(58(51,52)38-26-16-9-17-27-38)43(40)46-44(50)47(55-32-37-24-14-8-15-25-37)45(54-31-36-22-12-7-13-23-36)42(57-46)34-53-30-35-20-10-6-11-21-35/h6-29,42,44-47,50H,30-34H2,1-5H3/t42-,44-,45-,46-,47-/m0/s1. The molecule has 6 aromatic rings. The van der Waals surface area contributed by atoms with Crippen LogP contribution in [0, 0.1) is 0 Å². The van der Waals surface area contributed by atoms with Gasteiger partial charge in [-0.1, -0.05) is 148 Å². The van der Waals surface area contributed by atoms with Gasteiger partial charge < -0.3 is 28.5 Å². The van der Waals surface area contributed by atoms with E-state index in [2.05, 4.69) is 33.9 Å². The molecule has 9 nitrogen and oxygen atoms in total. The topological polar surface area (TPSA) is 105 Å². The average Bonchev–Trinajstić information content (AvgIpc) is 3.58. The predicted molar refractivity (Wildman–Crippen MR) is 233 cm³/mol. The minimum absolute atomic E-state index is 0.0736. The van der Waals surface area contributed by atoms with E-state index in [9.17, 15) is 5.11 Å². The Kier molecular flexibility index (Phi) is 13.3. The van der Waals surface area contributed by atoms with Gasteiger partial charge in [0.2, 0.25) is 0 Å². The summed E-state index contributed by atoms with van der Waals surface area (Å²) in [5, 5.41) is 13.4. The van der Waals surface area contributed by atoms with Gasteiger partial charge in [-0.05, 0) is 53.0 Å². The number of hydrogen-bond donors (Lipinski definition) is 1. The number of aliphatic hydroxyl groups excluding tert-OH is 1. The van der Waals surface area contributed by atoms with Gasteiger partial charge in [0.05, 0.1) is 49.1 Å². The van der Waals surface area contributed by atoms with Crippen LogP contribution >= 0.6 is 0 Å². The Hall–Kier alpha value is -4.43. The number of ether oxygens (including phenoxy) is 4. The van der Waals surface area contributed by atoms with Crippen LogP contribution in [-0.4, -0.2) is 56.8 Å². The molecule has 1 aliphatic heterocycles. The first-order valence-electron chi connectivity index (χ1n) is 20.2. The summed E-state index contributed by atoms with van der Waals surface area (Å²) in [6.45, 7) is 11.7. The fourth-order valence-corrected chi connectivity index (χ4v) is 9.78. The number of rotatable bonds is 16. The van der Waals surface area contributed by atoms with Crippen LogP contribution in [0.2, 0.25) is 18.1 Å². The van der Waals surface area contributed by atoms with E-state index in [0.29, 0.717) is 23.1 Å². The Balaban J connectivity index is 1.38. The minimum Gasteiger partial charge on any atom is -0.412 e. The van der Waals surface area contributed by atoms with E-state index < -0.39 is 48.9 Å². The molecule has 5 aromatic carbocycles. The highest BCUT2D eigenvalue weighted by atomic mass is 32.2. The van der Waals surface area contributed by atoms with Gasteiger partial charge in [-0.25, -0.2) is 12.4 Å². The second kappa shape index (κ2) is 18.5. The fraction of sp³-hybridized carbons (Fsp3) is 0.333. The summed E-state index contributed by atoms with van der Waals surface area (Å²) in [7, 11) is -6.63. The van der Waals surface area contributed by atoms with E-state index in [-0.39, 0.29) is 42.1 Å². The largest absolute Gasteiger partial charge is 0.412 e. The smallest absolute Gasteiger partial charge is 0.268 e. The van der Waals surface area contributed by atoms with Crippen LogP contribution in [0.15, 0.2) is 150 Å². The molecule has 1 fully saturated rings. The van der Waals surface area contributed by atoms with Crippen LogP contribution in [-0.2, 0) is 59.8 Å². The van der Waals surface area contributed by atoms with Gasteiger partial charge in [0.1, 0.15) is 30.5 Å². The molecular formula is C48H55NO8SSi. The lowest BCUT2D eigenvalue weighted by atomic mass is 9.91. The molecule has 0 aliphatic carbocycles. The van der Waals surface area contributed by atoms with E-state index in [1.54, 1.807) is 36.4 Å². The summed E-state index contributed by atoms with van der Waals surface area (Å²) in [6.07, 6.45) is -5.16. The summed E-state index contributed by atoms with van der Waals surface area (Å²) in [6, 6.07) is 45.1. The average molecular weight is 834 g/mol. The molecule has 310 valence electrons. The van der Waals surface area contributed by atoms with Crippen molar-refractivity contribution >= 4 is 29.2 Å². The molecule has 0 unspecified atom stereocenters. The third kappa shape index (κ3) is 9.64. The molecule has 7 rings (SSSR count). The number of para-hydroxylation sites is 1. The molecule has 1 aromatic heterocycles. The van der Waals surface area contributed by atoms with Gasteiger partial charge >= 0.3 is 0 Å². The van der Waals surface area contributed by atoms with Crippen LogP contribution in [0.3, 0.4) is 0 Å². The fourth-order valence-electron chi connectivity index (χ4n) is 7.24. The van der Waals surface area contributed by atoms with Crippen molar-refractivity contribution in [2.75, 3.05) is 6.61 Å². The molecular weight excluding hydrogens is 779 g/mol. The lowest BCUT2D eigenvalue weighted by Crippen LogP contribution is -2.58. The zero-order valence-electron chi connectivity index (χ0n) is 34.4. The SMILES string of the molecule is CC(C)(C)[Si](C)(C)OCc1c([C@@H]2O[C@@H](COCc3ccccc3)[C@H](OCc3ccccc3)[C@@H](OCc3ccccc3)[C@H]2O)n(S(=O)(=O)c2ccccc2)c2ccccc12. The van der Waals surface area contributed by atoms with E-state index >= 15 is 8.42 Å². The van der Waals surface area contributed by atoms with E-state index in [0.717, 1.165) is 16.7 Å². The van der Waals surface area contributed by atoms with E-state index in [1.165, 1.54) is 3.97 Å². The van der Waals surface area contributed by atoms with Gasteiger partial charge in [0, 0.05) is 10.9 Å². The van der Waals surface area contributed by atoms with Crippen molar-refractivity contribution in [3.63, 3.8) is 0 Å². The molecule has 11 heteroatoms. The zero-order valence-corrected chi connectivity index (χ0v) is 36.3. The number of aliphatic hydroxyl groups is 1. The third-order valence-electron chi connectivity index (χ3n) is 11.5. The number of benzene rings is 5. The molecule has 0 radical (unpaired) electrons. The van der Waals surface area contributed by atoms with Crippen molar-refractivity contribution < 1.29 is 36.9 Å². The molecule has 0 amide bonds. The first kappa shape index (κ1) is 42.7. The minimum atomic E-state index is -4.26. The quantitative estimate of drug-likeness (QED) is 0.0963. The maximum Gasteiger partial charge on any atom is 0.268 e. The monoisotopic (exact) mass is 833 g/mol. The first-order valence-corrected chi connectivity index (χ1v) is 24.5. The molecule has 2 heterocycles. The highest BCUT2D eigenvalue weighted by Crippen LogP contribution is 2.44. The summed E-state index contributed by atoms with van der Waals surface area (Å²) < 4.78 is 65.1.